The molecule has 4 aliphatic rings. The number of anilines is 2. The number of benzene rings is 2. The van der Waals surface area contributed by atoms with Gasteiger partial charge in [-0.15, -0.1) is 12.4 Å². The van der Waals surface area contributed by atoms with Gasteiger partial charge in [0.2, 0.25) is 17.8 Å². The Bertz CT molecular complexity index is 2170. The fourth-order valence-corrected chi connectivity index (χ4v) is 8.72. The van der Waals surface area contributed by atoms with Crippen LogP contribution in [0.3, 0.4) is 0 Å². The summed E-state index contributed by atoms with van der Waals surface area (Å²) in [4.78, 5) is 47.0. The van der Waals surface area contributed by atoms with Gasteiger partial charge in [-0.1, -0.05) is 51.5 Å². The normalized spacial score (nSPS) is 16.5. The number of nitrogens with zero attached hydrogens (tertiary/aromatic N) is 7. The molecule has 4 aromatic rings. The number of carboxylic acids is 1. The van der Waals surface area contributed by atoms with Gasteiger partial charge < -0.3 is 39.7 Å². The molecule has 2 aromatic carbocycles. The molecule has 70 heavy (non-hydrogen) atoms. The van der Waals surface area contributed by atoms with Gasteiger partial charge in [0.1, 0.15) is 11.6 Å². The first-order valence-corrected chi connectivity index (χ1v) is 25.2. The minimum Gasteiger partial charge on any atom is -0.481 e. The van der Waals surface area contributed by atoms with Gasteiger partial charge in [-0.05, 0) is 128 Å². The number of aromatic nitrogens is 4. The van der Waals surface area contributed by atoms with Crippen molar-refractivity contribution in [3.05, 3.63) is 106 Å². The number of aliphatic carboxylic acids is 1. The lowest BCUT2D eigenvalue weighted by Gasteiger charge is -2.38. The first-order valence-electron chi connectivity index (χ1n) is 25.2. The summed E-state index contributed by atoms with van der Waals surface area (Å²) in [5.74, 6) is 2.03. The lowest BCUT2D eigenvalue weighted by Crippen LogP contribution is -2.51. The lowest BCUT2D eigenvalue weighted by molar-refractivity contribution is -0.138. The summed E-state index contributed by atoms with van der Waals surface area (Å²) in [6.07, 6.45) is 16.9. The van der Waals surface area contributed by atoms with Gasteiger partial charge >= 0.3 is 5.97 Å². The zero-order chi connectivity index (χ0) is 49.0. The predicted octanol–water partition coefficient (Wildman–Crippen LogP) is 7.66. The number of ether oxygens (including phenoxy) is 2. The van der Waals surface area contributed by atoms with Crippen LogP contribution in [0.2, 0.25) is 0 Å². The van der Waals surface area contributed by atoms with Crippen LogP contribution in [0.1, 0.15) is 99.1 Å². The van der Waals surface area contributed by atoms with Gasteiger partial charge in [-0.25, -0.2) is 28.7 Å². The summed E-state index contributed by atoms with van der Waals surface area (Å²) in [6.45, 7) is 16.0. The molecule has 0 atom stereocenters. The zero-order valence-electron chi connectivity index (χ0n) is 41.4. The predicted molar refractivity (Wildman–Crippen MR) is 270 cm³/mol. The number of carbonyl (C=O) groups is 2. The second-order valence-electron chi connectivity index (χ2n) is 18.9. The fourth-order valence-electron chi connectivity index (χ4n) is 8.72. The number of rotatable bonds is 20. The Kier molecular flexibility index (Phi) is 23.6. The van der Waals surface area contributed by atoms with E-state index < -0.39 is 11.8 Å². The van der Waals surface area contributed by atoms with Crippen molar-refractivity contribution in [2.24, 2.45) is 23.7 Å². The molecule has 0 saturated carbocycles. The monoisotopic (exact) mass is 993 g/mol. The molecule has 0 aliphatic carbocycles. The third-order valence-electron chi connectivity index (χ3n) is 13.8. The number of hydrogen-bond donors (Lipinski definition) is 3. The van der Waals surface area contributed by atoms with Crippen LogP contribution in [-0.4, -0.2) is 119 Å². The van der Waals surface area contributed by atoms with Crippen LogP contribution in [0, 0.1) is 35.3 Å². The number of carbonyl (C=O) groups excluding carboxylic acids is 1. The SMILES string of the molecule is CCC1CNC1.CCc1cnc(N2CCC(CCOCc3ccc(CC(=O)N4CC(CO)C4)c(F)c3)CC2)nc1.CCc1cnc(N2CCC(CCOCc3ccc(CC(=O)O)c(F)c3)CC2)nc1.Cl. The summed E-state index contributed by atoms with van der Waals surface area (Å²) >= 11 is 0. The molecule has 17 heteroatoms. The summed E-state index contributed by atoms with van der Waals surface area (Å²) in [5, 5.41) is 21.0. The quantitative estimate of drug-likeness (QED) is 0.0740. The summed E-state index contributed by atoms with van der Waals surface area (Å²) < 4.78 is 39.9. The van der Waals surface area contributed by atoms with Gasteiger partial charge in [-0.2, -0.15) is 0 Å². The molecular weight excluding hydrogens is 918 g/mol. The third kappa shape index (κ3) is 17.8. The van der Waals surface area contributed by atoms with Crippen LogP contribution in [0.25, 0.3) is 0 Å². The van der Waals surface area contributed by atoms with Crippen LogP contribution in [-0.2, 0) is 58.0 Å². The molecule has 4 aliphatic heterocycles. The maximum absolute atomic E-state index is 14.5. The van der Waals surface area contributed by atoms with E-state index in [1.54, 1.807) is 17.0 Å². The number of nitrogens with one attached hydrogen (secondary N) is 1. The number of aliphatic hydroxyl groups is 1. The molecule has 0 spiro atoms. The average Bonchev–Trinajstić information content (AvgIpc) is 3.33. The number of likely N-dealkylation sites (tertiary alicyclic amines) is 1. The van der Waals surface area contributed by atoms with E-state index in [4.69, 9.17) is 19.7 Å². The van der Waals surface area contributed by atoms with E-state index in [9.17, 15) is 18.4 Å². The molecule has 3 N–H and O–H groups in total. The number of carboxylic acid groups (broad SMARTS) is 1. The van der Waals surface area contributed by atoms with Crippen molar-refractivity contribution in [3.63, 3.8) is 0 Å². The zero-order valence-corrected chi connectivity index (χ0v) is 42.2. The molecule has 2 aromatic heterocycles. The van der Waals surface area contributed by atoms with Crippen molar-refractivity contribution in [2.75, 3.05) is 82.0 Å². The maximum Gasteiger partial charge on any atom is 0.307 e. The number of hydrogen-bond acceptors (Lipinski definition) is 12. The van der Waals surface area contributed by atoms with Crippen LogP contribution < -0.4 is 15.1 Å². The molecule has 1 amide bonds. The van der Waals surface area contributed by atoms with Crippen molar-refractivity contribution in [1.82, 2.24) is 30.2 Å². The number of aliphatic hydroxyl groups excluding tert-OH is 1. The summed E-state index contributed by atoms with van der Waals surface area (Å²) in [5.41, 5.74) is 4.40. The smallest absolute Gasteiger partial charge is 0.307 e. The fraction of sp³-hybridized carbons (Fsp3) is 0.585. The maximum atomic E-state index is 14.5. The van der Waals surface area contributed by atoms with Crippen LogP contribution in [0.15, 0.2) is 61.2 Å². The van der Waals surface area contributed by atoms with Gasteiger partial charge in [-0.3, -0.25) is 9.59 Å². The first kappa shape index (κ1) is 56.0. The third-order valence-corrected chi connectivity index (χ3v) is 13.8. The average molecular weight is 994 g/mol. The van der Waals surface area contributed by atoms with Crippen molar-refractivity contribution in [2.45, 2.75) is 105 Å². The molecule has 0 bridgehead atoms. The van der Waals surface area contributed by atoms with Gasteiger partial charge in [0.05, 0.1) is 26.1 Å². The van der Waals surface area contributed by atoms with E-state index in [1.165, 1.54) is 37.7 Å². The minimum atomic E-state index is -1.04. The van der Waals surface area contributed by atoms with Crippen LogP contribution >= 0.6 is 12.4 Å². The Morgan fingerprint density at radius 3 is 1.44 bits per heavy atom. The van der Waals surface area contributed by atoms with E-state index >= 15 is 0 Å². The van der Waals surface area contributed by atoms with Gasteiger partial charge in [0.15, 0.2) is 0 Å². The summed E-state index contributed by atoms with van der Waals surface area (Å²) in [7, 11) is 0. The molecule has 0 radical (unpaired) electrons. The highest BCUT2D eigenvalue weighted by molar-refractivity contribution is 5.85. The van der Waals surface area contributed by atoms with Gasteiger partial charge in [0, 0.05) is 89.8 Å². The molecule has 0 unspecified atom stereocenters. The van der Waals surface area contributed by atoms with E-state index in [1.807, 2.05) is 30.9 Å². The topological polar surface area (TPSA) is 166 Å². The Morgan fingerprint density at radius 1 is 0.657 bits per heavy atom. The van der Waals surface area contributed by atoms with Crippen molar-refractivity contribution < 1.29 is 38.1 Å². The molecule has 14 nitrogen and oxygen atoms in total. The minimum absolute atomic E-state index is 0. The van der Waals surface area contributed by atoms with Crippen molar-refractivity contribution >= 4 is 36.2 Å². The van der Waals surface area contributed by atoms with Crippen LogP contribution in [0.4, 0.5) is 20.7 Å². The van der Waals surface area contributed by atoms with E-state index in [0.717, 1.165) is 118 Å². The molecule has 4 saturated heterocycles. The Labute approximate surface area is 419 Å². The number of aryl methyl sites for hydroxylation is 2. The highest BCUT2D eigenvalue weighted by Crippen LogP contribution is 2.26. The largest absolute Gasteiger partial charge is 0.481 e. The summed E-state index contributed by atoms with van der Waals surface area (Å²) in [6, 6.07) is 9.59. The van der Waals surface area contributed by atoms with Crippen molar-refractivity contribution in [1.29, 1.82) is 0 Å². The van der Waals surface area contributed by atoms with E-state index in [-0.39, 0.29) is 55.1 Å². The van der Waals surface area contributed by atoms with E-state index in [2.05, 4.69) is 55.8 Å². The highest BCUT2D eigenvalue weighted by Gasteiger charge is 2.30. The molecule has 8 rings (SSSR count). The molecule has 4 fully saturated rings. The number of halogens is 3. The second kappa shape index (κ2) is 29.5. The second-order valence-corrected chi connectivity index (χ2v) is 18.9. The van der Waals surface area contributed by atoms with Gasteiger partial charge in [0.25, 0.3) is 0 Å². The molecule has 6 heterocycles. The molecular formula is C53H75ClF2N8O6. The van der Waals surface area contributed by atoms with Crippen molar-refractivity contribution in [3.8, 4) is 0 Å². The first-order chi connectivity index (χ1) is 33.5. The Hall–Kier alpha value is -4.87. The number of piperidine rings is 2. The molecule has 384 valence electrons. The Balaban J connectivity index is 0.000000232. The highest BCUT2D eigenvalue weighted by atomic mass is 35.5. The van der Waals surface area contributed by atoms with E-state index in [0.29, 0.717) is 56.9 Å². The Morgan fingerprint density at radius 2 is 1.10 bits per heavy atom. The van der Waals surface area contributed by atoms with Crippen LogP contribution in [0.5, 0.6) is 0 Å². The number of amides is 1. The lowest BCUT2D eigenvalue weighted by atomic mass is 9.94. The standard InChI is InChI=1S/C26H35FN4O3.C22H28FN3O3.C5H11N.ClH/c1-2-19-13-28-26(29-14-19)30-8-5-20(6-9-30)7-10-34-18-21-3-4-23(24(27)11-21)12-25(33)31-15-22(16-31)17-32;1-2-16-13-24-22(25-14-16)26-8-5-17(6-9-26)7-10-29-15-18-3-4-19(12-21(27)28)20(23)11-18;1-2-5-3-6-4-5;/h3-4,11,13-14,20,22,32H,2,5-10,12,15-18H2,1H3;3-4,11,13-14,17H,2,5-10,12,15H2,1H3,(H,27,28);5-6H,2-4H2,1H3;1H.